The van der Waals surface area contributed by atoms with Gasteiger partial charge in [-0.3, -0.25) is 0 Å². The number of rotatable bonds is 1. The Morgan fingerprint density at radius 2 is 1.92 bits per heavy atom. The molecule has 4 aliphatic rings. The van der Waals surface area contributed by atoms with E-state index in [1.807, 2.05) is 18.0 Å². The fourth-order valence-corrected chi connectivity index (χ4v) is 7.81. The molecule has 1 heterocycles. The second-order valence-electron chi connectivity index (χ2n) is 9.80. The first-order valence-corrected chi connectivity index (χ1v) is 10.6. The van der Waals surface area contributed by atoms with Gasteiger partial charge in [-0.2, -0.15) is 10.2 Å². The van der Waals surface area contributed by atoms with E-state index in [0.717, 1.165) is 17.8 Å². The third-order valence-electron chi connectivity index (χ3n) is 9.04. The summed E-state index contributed by atoms with van der Waals surface area (Å²) in [6.45, 7) is 5.23. The van der Waals surface area contributed by atoms with Crippen molar-refractivity contribution in [2.45, 2.75) is 77.6 Å². The Morgan fingerprint density at radius 1 is 1.00 bits per heavy atom. The molecule has 2 nitrogen and oxygen atoms in total. The van der Waals surface area contributed by atoms with Crippen LogP contribution in [0, 0.1) is 28.6 Å². The topological polar surface area (TPSA) is 25.8 Å². The molecule has 6 atom stereocenters. The molecule has 3 fully saturated rings. The monoisotopic (exact) mass is 336 g/mol. The highest BCUT2D eigenvalue weighted by atomic mass is 15.1. The summed E-state index contributed by atoms with van der Waals surface area (Å²) in [4.78, 5) is 0. The quantitative estimate of drug-likeness (QED) is 0.595. The second kappa shape index (κ2) is 5.66. The molecule has 25 heavy (non-hydrogen) atoms. The van der Waals surface area contributed by atoms with Gasteiger partial charge in [0.15, 0.2) is 0 Å². The number of hydrogen-bond acceptors (Lipinski definition) is 2. The average molecular weight is 337 g/mol. The highest BCUT2D eigenvalue weighted by Gasteiger charge is 2.58. The summed E-state index contributed by atoms with van der Waals surface area (Å²) < 4.78 is 0. The third kappa shape index (κ3) is 2.22. The molecule has 134 valence electrons. The van der Waals surface area contributed by atoms with Gasteiger partial charge in [0.1, 0.15) is 0 Å². The van der Waals surface area contributed by atoms with Gasteiger partial charge < -0.3 is 0 Å². The predicted octanol–water partition coefficient (Wildman–Crippen LogP) is 5.91. The zero-order valence-electron chi connectivity index (χ0n) is 15.9. The van der Waals surface area contributed by atoms with Crippen LogP contribution in [0.15, 0.2) is 30.1 Å². The van der Waals surface area contributed by atoms with Crippen LogP contribution in [0.1, 0.15) is 83.1 Å². The van der Waals surface area contributed by atoms with Crippen molar-refractivity contribution in [2.24, 2.45) is 28.6 Å². The van der Waals surface area contributed by atoms with Gasteiger partial charge in [-0.15, -0.1) is 0 Å². The standard InChI is InChI=1S/C23H32N2/c1-22-12-4-3-5-17(22)6-7-18-20-9-8-19(16-11-14-24-25-15-16)23(20,2)13-10-21(18)22/h5,11,14-15,18-21H,3-4,6-10,12-13H2,1-2H3/t18-,19+,20-,21-,22-,23+/m0/s1. The highest BCUT2D eigenvalue weighted by molar-refractivity contribution is 5.26. The van der Waals surface area contributed by atoms with E-state index in [0.29, 0.717) is 16.7 Å². The van der Waals surface area contributed by atoms with E-state index in [2.05, 4.69) is 36.2 Å². The first-order chi connectivity index (χ1) is 12.1. The van der Waals surface area contributed by atoms with E-state index in [4.69, 9.17) is 0 Å². The maximum absolute atomic E-state index is 4.19. The van der Waals surface area contributed by atoms with Crippen LogP contribution >= 0.6 is 0 Å². The van der Waals surface area contributed by atoms with E-state index in [1.54, 1.807) is 0 Å². The summed E-state index contributed by atoms with van der Waals surface area (Å²) in [5.41, 5.74) is 4.28. The van der Waals surface area contributed by atoms with Crippen molar-refractivity contribution in [3.63, 3.8) is 0 Å². The maximum atomic E-state index is 4.19. The molecule has 5 rings (SSSR count). The van der Waals surface area contributed by atoms with Crippen molar-refractivity contribution >= 4 is 0 Å². The Hall–Kier alpha value is -1.18. The second-order valence-corrected chi connectivity index (χ2v) is 9.80. The molecule has 0 aromatic carbocycles. The van der Waals surface area contributed by atoms with Crippen molar-refractivity contribution in [3.8, 4) is 0 Å². The minimum Gasteiger partial charge on any atom is -0.159 e. The number of fused-ring (bicyclic) bond motifs is 5. The van der Waals surface area contributed by atoms with Crippen molar-refractivity contribution in [1.82, 2.24) is 10.2 Å². The molecule has 0 saturated heterocycles. The highest BCUT2D eigenvalue weighted by Crippen LogP contribution is 2.68. The van der Waals surface area contributed by atoms with Crippen LogP contribution in [0.3, 0.4) is 0 Å². The number of nitrogens with zero attached hydrogens (tertiary/aromatic N) is 2. The lowest BCUT2D eigenvalue weighted by Crippen LogP contribution is -2.49. The molecule has 1 aromatic rings. The fraction of sp³-hybridized carbons (Fsp3) is 0.739. The van der Waals surface area contributed by atoms with Gasteiger partial charge in [0.05, 0.1) is 6.20 Å². The lowest BCUT2D eigenvalue weighted by atomic mass is 9.46. The van der Waals surface area contributed by atoms with Crippen LogP contribution in [-0.4, -0.2) is 10.2 Å². The van der Waals surface area contributed by atoms with Crippen LogP contribution < -0.4 is 0 Å². The van der Waals surface area contributed by atoms with Gasteiger partial charge in [0.2, 0.25) is 0 Å². The Bertz CT molecular complexity index is 681. The largest absolute Gasteiger partial charge is 0.159 e. The van der Waals surface area contributed by atoms with Crippen molar-refractivity contribution in [1.29, 1.82) is 0 Å². The summed E-state index contributed by atoms with van der Waals surface area (Å²) in [6, 6.07) is 2.22. The smallest absolute Gasteiger partial charge is 0.0531 e. The number of hydrogen-bond donors (Lipinski definition) is 0. The normalized spacial score (nSPS) is 45.9. The summed E-state index contributed by atoms with van der Waals surface area (Å²) in [6.07, 6.45) is 19.2. The van der Waals surface area contributed by atoms with Crippen LogP contribution in [-0.2, 0) is 0 Å². The Morgan fingerprint density at radius 3 is 2.76 bits per heavy atom. The Labute approximate surface area is 152 Å². The Kier molecular flexibility index (Phi) is 3.63. The van der Waals surface area contributed by atoms with Gasteiger partial charge in [0, 0.05) is 6.20 Å². The van der Waals surface area contributed by atoms with E-state index >= 15 is 0 Å². The van der Waals surface area contributed by atoms with Gasteiger partial charge in [-0.05, 0) is 104 Å². The molecule has 0 spiro atoms. The zero-order chi connectivity index (χ0) is 17.1. The summed E-state index contributed by atoms with van der Waals surface area (Å²) >= 11 is 0. The molecular formula is C23H32N2. The summed E-state index contributed by atoms with van der Waals surface area (Å²) in [5, 5.41) is 8.19. The maximum Gasteiger partial charge on any atom is 0.0531 e. The Balaban J connectivity index is 1.47. The number of aromatic nitrogens is 2. The summed E-state index contributed by atoms with van der Waals surface area (Å²) in [5.74, 6) is 3.52. The first kappa shape index (κ1) is 16.0. The molecule has 0 unspecified atom stereocenters. The predicted molar refractivity (Wildman–Crippen MR) is 101 cm³/mol. The molecule has 2 heteroatoms. The minimum absolute atomic E-state index is 0.483. The van der Waals surface area contributed by atoms with Crippen LogP contribution in [0.4, 0.5) is 0 Å². The van der Waals surface area contributed by atoms with Gasteiger partial charge >= 0.3 is 0 Å². The molecule has 0 radical (unpaired) electrons. The van der Waals surface area contributed by atoms with Crippen LogP contribution in [0.2, 0.25) is 0 Å². The molecule has 0 amide bonds. The van der Waals surface area contributed by atoms with E-state index in [1.165, 1.54) is 63.4 Å². The zero-order valence-corrected chi connectivity index (χ0v) is 15.9. The SMILES string of the molecule is C[C@]12CC[C@H]3[C@@H](CCC4=CCCC[C@@]43C)[C@@H]1CC[C@@H]2c1ccnnc1. The van der Waals surface area contributed by atoms with Crippen molar-refractivity contribution in [2.75, 3.05) is 0 Å². The van der Waals surface area contributed by atoms with E-state index in [-0.39, 0.29) is 0 Å². The van der Waals surface area contributed by atoms with Gasteiger partial charge in [0.25, 0.3) is 0 Å². The summed E-state index contributed by atoms with van der Waals surface area (Å²) in [7, 11) is 0. The molecule has 1 aromatic heterocycles. The molecule has 3 saturated carbocycles. The first-order valence-electron chi connectivity index (χ1n) is 10.6. The lowest BCUT2D eigenvalue weighted by molar-refractivity contribution is -0.0415. The average Bonchev–Trinajstić information content (AvgIpc) is 2.99. The minimum atomic E-state index is 0.483. The van der Waals surface area contributed by atoms with E-state index in [9.17, 15) is 0 Å². The third-order valence-corrected chi connectivity index (χ3v) is 9.04. The van der Waals surface area contributed by atoms with E-state index < -0.39 is 0 Å². The lowest BCUT2D eigenvalue weighted by Gasteiger charge is -2.58. The molecule has 4 aliphatic carbocycles. The van der Waals surface area contributed by atoms with Crippen molar-refractivity contribution in [3.05, 3.63) is 35.7 Å². The molecule has 0 aliphatic heterocycles. The van der Waals surface area contributed by atoms with Crippen LogP contribution in [0.25, 0.3) is 0 Å². The number of allylic oxidation sites excluding steroid dienone is 2. The van der Waals surface area contributed by atoms with Gasteiger partial charge in [-0.1, -0.05) is 25.5 Å². The molecular weight excluding hydrogens is 304 g/mol. The fourth-order valence-electron chi connectivity index (χ4n) is 7.81. The molecule has 0 N–H and O–H groups in total. The van der Waals surface area contributed by atoms with Crippen LogP contribution in [0.5, 0.6) is 0 Å². The molecule has 0 bridgehead atoms. The van der Waals surface area contributed by atoms with Crippen molar-refractivity contribution < 1.29 is 0 Å². The van der Waals surface area contributed by atoms with Gasteiger partial charge in [-0.25, -0.2) is 0 Å².